The Morgan fingerprint density at radius 3 is 2.43 bits per heavy atom. The Kier molecular flexibility index (Phi) is 5.17. The number of nitrogens with one attached hydrogen (secondary N) is 1. The summed E-state index contributed by atoms with van der Waals surface area (Å²) < 4.78 is 0. The molecule has 2 aromatic rings. The van der Waals surface area contributed by atoms with Crippen LogP contribution in [0.2, 0.25) is 0 Å². The van der Waals surface area contributed by atoms with Crippen LogP contribution in [0.4, 0.5) is 0 Å². The van der Waals surface area contributed by atoms with E-state index in [9.17, 15) is 4.79 Å². The van der Waals surface area contributed by atoms with Gasteiger partial charge >= 0.3 is 0 Å². The molecule has 21 heavy (non-hydrogen) atoms. The number of para-hydroxylation sites is 2. The first-order chi connectivity index (χ1) is 9.97. The smallest absolute Gasteiger partial charge is 0.233 e. The number of aryl methyl sites for hydroxylation is 1. The van der Waals surface area contributed by atoms with E-state index in [2.05, 4.69) is 29.1 Å². The molecule has 2 rings (SSSR count). The van der Waals surface area contributed by atoms with Gasteiger partial charge in [-0.25, -0.2) is 9.97 Å². The molecule has 0 fully saturated rings. The lowest BCUT2D eigenvalue weighted by Crippen LogP contribution is -2.33. The maximum atomic E-state index is 12.0. The highest BCUT2D eigenvalue weighted by Gasteiger charge is 2.17. The molecular weight excluding hydrogens is 282 g/mol. The Morgan fingerprint density at radius 1 is 1.19 bits per heavy atom. The summed E-state index contributed by atoms with van der Waals surface area (Å²) in [4.78, 5) is 21.2. The van der Waals surface area contributed by atoms with Crippen molar-refractivity contribution in [1.82, 2.24) is 15.3 Å². The predicted octanol–water partition coefficient (Wildman–Crippen LogP) is 3.19. The van der Waals surface area contributed by atoms with Crippen molar-refractivity contribution in [2.24, 2.45) is 5.92 Å². The van der Waals surface area contributed by atoms with Gasteiger partial charge in [0, 0.05) is 6.54 Å². The number of carbonyl (C=O) groups is 1. The Hall–Kier alpha value is -1.62. The zero-order valence-electron chi connectivity index (χ0n) is 12.9. The van der Waals surface area contributed by atoms with Crippen LogP contribution in [0.3, 0.4) is 0 Å². The van der Waals surface area contributed by atoms with Crippen LogP contribution >= 0.6 is 11.8 Å². The average molecular weight is 303 g/mol. The van der Waals surface area contributed by atoms with E-state index >= 15 is 0 Å². The summed E-state index contributed by atoms with van der Waals surface area (Å²) in [5, 5.41) is 3.59. The second-order valence-electron chi connectivity index (χ2n) is 5.50. The molecular formula is C16H21N3OS. The Bertz CT molecular complexity index is 642. The van der Waals surface area contributed by atoms with Gasteiger partial charge in [-0.2, -0.15) is 0 Å². The van der Waals surface area contributed by atoms with Crippen LogP contribution in [0.25, 0.3) is 11.0 Å². The first kappa shape index (κ1) is 15.8. The number of aromatic nitrogens is 2. The highest BCUT2D eigenvalue weighted by molar-refractivity contribution is 8.00. The summed E-state index contributed by atoms with van der Waals surface area (Å²) in [5.74, 6) is 0.497. The number of thioether (sulfide) groups is 1. The molecule has 112 valence electrons. The minimum Gasteiger partial charge on any atom is -0.355 e. The number of rotatable bonds is 5. The van der Waals surface area contributed by atoms with Gasteiger partial charge in [0.1, 0.15) is 5.03 Å². The number of benzene rings is 1. The monoisotopic (exact) mass is 303 g/mol. The molecule has 0 aliphatic carbocycles. The van der Waals surface area contributed by atoms with Gasteiger partial charge in [-0.05, 0) is 31.9 Å². The van der Waals surface area contributed by atoms with Gasteiger partial charge in [0.15, 0.2) is 0 Å². The number of hydrogen-bond donors (Lipinski definition) is 1. The zero-order chi connectivity index (χ0) is 15.4. The molecule has 0 unspecified atom stereocenters. The molecule has 1 heterocycles. The molecule has 1 atom stereocenters. The summed E-state index contributed by atoms with van der Waals surface area (Å²) in [7, 11) is 0. The third-order valence-electron chi connectivity index (χ3n) is 3.04. The van der Waals surface area contributed by atoms with Gasteiger partial charge in [-0.1, -0.05) is 37.7 Å². The summed E-state index contributed by atoms with van der Waals surface area (Å²) in [6.07, 6.45) is 0. The Labute approximate surface area is 129 Å². The van der Waals surface area contributed by atoms with Gasteiger partial charge in [0.25, 0.3) is 0 Å². The lowest BCUT2D eigenvalue weighted by molar-refractivity contribution is -0.120. The van der Waals surface area contributed by atoms with E-state index < -0.39 is 0 Å². The maximum absolute atomic E-state index is 12.0. The molecule has 0 aliphatic rings. The average Bonchev–Trinajstić information content (AvgIpc) is 2.45. The van der Waals surface area contributed by atoms with Crippen LogP contribution < -0.4 is 5.32 Å². The second-order valence-corrected chi connectivity index (χ2v) is 6.83. The van der Waals surface area contributed by atoms with E-state index in [1.54, 1.807) is 0 Å². The lowest BCUT2D eigenvalue weighted by atomic mass is 10.2. The Morgan fingerprint density at radius 2 is 1.81 bits per heavy atom. The van der Waals surface area contributed by atoms with Gasteiger partial charge in [-0.15, -0.1) is 0 Å². The minimum atomic E-state index is -0.182. The summed E-state index contributed by atoms with van der Waals surface area (Å²) >= 11 is 1.46. The van der Waals surface area contributed by atoms with Crippen LogP contribution in [0.5, 0.6) is 0 Å². The van der Waals surface area contributed by atoms with Gasteiger partial charge in [-0.3, -0.25) is 4.79 Å². The summed E-state index contributed by atoms with van der Waals surface area (Å²) in [6.45, 7) is 8.69. The molecule has 1 N–H and O–H groups in total. The van der Waals surface area contributed by atoms with Crippen molar-refractivity contribution in [3.63, 3.8) is 0 Å². The molecule has 1 aromatic carbocycles. The Balaban J connectivity index is 2.11. The third kappa shape index (κ3) is 4.17. The summed E-state index contributed by atoms with van der Waals surface area (Å²) in [6, 6.07) is 7.78. The molecule has 0 bridgehead atoms. The molecule has 0 saturated carbocycles. The maximum Gasteiger partial charge on any atom is 0.233 e. The number of nitrogens with zero attached hydrogens (tertiary/aromatic N) is 2. The van der Waals surface area contributed by atoms with Crippen LogP contribution in [0.1, 0.15) is 26.5 Å². The zero-order valence-corrected chi connectivity index (χ0v) is 13.7. The molecule has 0 saturated heterocycles. The fourth-order valence-corrected chi connectivity index (χ4v) is 2.75. The van der Waals surface area contributed by atoms with Crippen molar-refractivity contribution in [2.75, 3.05) is 6.54 Å². The molecule has 0 radical (unpaired) electrons. The molecule has 0 aliphatic heterocycles. The van der Waals surface area contributed by atoms with Crippen LogP contribution in [0, 0.1) is 12.8 Å². The van der Waals surface area contributed by atoms with Crippen LogP contribution in [-0.2, 0) is 4.79 Å². The van der Waals surface area contributed by atoms with E-state index in [4.69, 9.17) is 0 Å². The van der Waals surface area contributed by atoms with Crippen LogP contribution in [-0.4, -0.2) is 27.7 Å². The number of hydrogen-bond acceptors (Lipinski definition) is 4. The summed E-state index contributed by atoms with van der Waals surface area (Å²) in [5.41, 5.74) is 2.61. The highest BCUT2D eigenvalue weighted by atomic mass is 32.2. The number of fused-ring (bicyclic) bond motifs is 1. The molecule has 5 heteroatoms. The van der Waals surface area contributed by atoms with Crippen LogP contribution in [0.15, 0.2) is 29.3 Å². The predicted molar refractivity (Wildman–Crippen MR) is 87.4 cm³/mol. The molecule has 0 spiro atoms. The largest absolute Gasteiger partial charge is 0.355 e. The van der Waals surface area contributed by atoms with Crippen molar-refractivity contribution in [2.45, 2.75) is 38.0 Å². The third-order valence-corrected chi connectivity index (χ3v) is 4.22. The number of carbonyl (C=O) groups excluding carboxylic acids is 1. The number of amides is 1. The normalized spacial score (nSPS) is 12.6. The quantitative estimate of drug-likeness (QED) is 0.862. The van der Waals surface area contributed by atoms with Crippen molar-refractivity contribution in [1.29, 1.82) is 0 Å². The van der Waals surface area contributed by atoms with Crippen molar-refractivity contribution >= 4 is 28.7 Å². The SMILES string of the molecule is Cc1nc2ccccc2nc1S[C@H](C)C(=O)NCC(C)C. The highest BCUT2D eigenvalue weighted by Crippen LogP contribution is 2.25. The fraction of sp³-hybridized carbons (Fsp3) is 0.438. The van der Waals surface area contributed by atoms with Gasteiger partial charge in [0.2, 0.25) is 5.91 Å². The lowest BCUT2D eigenvalue weighted by Gasteiger charge is -2.14. The van der Waals surface area contributed by atoms with Gasteiger partial charge in [0.05, 0.1) is 22.0 Å². The fourth-order valence-electron chi connectivity index (χ4n) is 1.85. The van der Waals surface area contributed by atoms with E-state index in [-0.39, 0.29) is 11.2 Å². The van der Waals surface area contributed by atoms with E-state index in [0.29, 0.717) is 12.5 Å². The van der Waals surface area contributed by atoms with Crippen molar-refractivity contribution in [3.8, 4) is 0 Å². The topological polar surface area (TPSA) is 54.9 Å². The second kappa shape index (κ2) is 6.89. The minimum absolute atomic E-state index is 0.0445. The standard InChI is InChI=1S/C16H21N3OS/c1-10(2)9-17-15(20)12(4)21-16-11(3)18-13-7-5-6-8-14(13)19-16/h5-8,10,12H,9H2,1-4H3,(H,17,20)/t12-/m1/s1. The van der Waals surface area contributed by atoms with E-state index in [1.165, 1.54) is 11.8 Å². The van der Waals surface area contributed by atoms with Gasteiger partial charge < -0.3 is 5.32 Å². The first-order valence-corrected chi connectivity index (χ1v) is 8.03. The van der Waals surface area contributed by atoms with Crippen molar-refractivity contribution < 1.29 is 4.79 Å². The van der Waals surface area contributed by atoms with E-state index in [1.807, 2.05) is 38.1 Å². The molecule has 1 amide bonds. The molecule has 1 aromatic heterocycles. The van der Waals surface area contributed by atoms with E-state index in [0.717, 1.165) is 21.8 Å². The first-order valence-electron chi connectivity index (χ1n) is 7.15. The van der Waals surface area contributed by atoms with Crippen molar-refractivity contribution in [3.05, 3.63) is 30.0 Å². The molecule has 4 nitrogen and oxygen atoms in total.